The molecule has 1 aliphatic rings. The minimum Gasteiger partial charge on any atom is -0.368 e. The highest BCUT2D eigenvalue weighted by Crippen LogP contribution is 2.26. The van der Waals surface area contributed by atoms with E-state index in [1.54, 1.807) is 4.68 Å². The van der Waals surface area contributed by atoms with Crippen molar-refractivity contribution in [3.8, 4) is 16.9 Å². The molecular weight excluding hydrogens is 432 g/mol. The molecule has 0 aliphatic carbocycles. The van der Waals surface area contributed by atoms with Gasteiger partial charge >= 0.3 is 0 Å². The summed E-state index contributed by atoms with van der Waals surface area (Å²) >= 11 is 0. The molecule has 0 spiro atoms. The van der Waals surface area contributed by atoms with Crippen LogP contribution in [0.4, 0.5) is 5.69 Å². The van der Waals surface area contributed by atoms with Crippen molar-refractivity contribution in [2.45, 2.75) is 27.7 Å². The molecule has 0 unspecified atom stereocenters. The monoisotopic (exact) mass is 464 g/mol. The Morgan fingerprint density at radius 2 is 1.46 bits per heavy atom. The Morgan fingerprint density at radius 3 is 2.14 bits per heavy atom. The number of nitrogens with zero attached hydrogens (tertiary/aromatic N) is 4. The lowest BCUT2D eigenvalue weighted by atomic mass is 10.0. The van der Waals surface area contributed by atoms with Crippen LogP contribution in [0.1, 0.15) is 32.7 Å². The number of anilines is 1. The Morgan fingerprint density at radius 1 is 0.743 bits per heavy atom. The van der Waals surface area contributed by atoms with Gasteiger partial charge in [0.2, 0.25) is 0 Å². The summed E-state index contributed by atoms with van der Waals surface area (Å²) in [6.45, 7) is 11.4. The largest absolute Gasteiger partial charge is 0.368 e. The highest BCUT2D eigenvalue weighted by Gasteiger charge is 2.27. The number of carbonyl (C=O) groups excluding carboxylic acids is 1. The summed E-state index contributed by atoms with van der Waals surface area (Å²) < 4.78 is 1.81. The number of rotatable bonds is 4. The second-order valence-electron chi connectivity index (χ2n) is 9.53. The van der Waals surface area contributed by atoms with Crippen LogP contribution in [-0.2, 0) is 0 Å². The first-order valence-electron chi connectivity index (χ1n) is 12.3. The summed E-state index contributed by atoms with van der Waals surface area (Å²) in [5.74, 6) is 0.0255. The average molecular weight is 465 g/mol. The van der Waals surface area contributed by atoms with Crippen LogP contribution in [0.3, 0.4) is 0 Å². The third-order valence-corrected chi connectivity index (χ3v) is 7.03. The third-order valence-electron chi connectivity index (χ3n) is 7.03. The summed E-state index contributed by atoms with van der Waals surface area (Å²) in [5, 5.41) is 4.90. The van der Waals surface area contributed by atoms with E-state index in [4.69, 9.17) is 5.10 Å². The molecule has 1 amide bonds. The van der Waals surface area contributed by atoms with Crippen molar-refractivity contribution in [2.75, 3.05) is 31.1 Å². The second-order valence-corrected chi connectivity index (χ2v) is 9.53. The van der Waals surface area contributed by atoms with Crippen molar-refractivity contribution in [2.24, 2.45) is 0 Å². The molecule has 0 bridgehead atoms. The number of aryl methyl sites for hydroxylation is 4. The smallest absolute Gasteiger partial charge is 0.272 e. The molecule has 0 radical (unpaired) electrons. The van der Waals surface area contributed by atoms with E-state index in [0.717, 1.165) is 30.0 Å². The van der Waals surface area contributed by atoms with Crippen molar-refractivity contribution in [1.82, 2.24) is 14.7 Å². The number of benzene rings is 3. The molecule has 0 N–H and O–H groups in total. The summed E-state index contributed by atoms with van der Waals surface area (Å²) in [6.07, 6.45) is 0. The number of para-hydroxylation sites is 1. The summed E-state index contributed by atoms with van der Waals surface area (Å²) in [5.41, 5.74) is 9.49. The Kier molecular flexibility index (Phi) is 6.16. The van der Waals surface area contributed by atoms with E-state index < -0.39 is 0 Å². The standard InChI is InChI=1S/C30H32N4O/c1-21-9-13-26(14-10-21)34-29(20-27(31-34)25-12-11-22(2)24(4)19-25)30(35)33-17-15-32(16-18-33)28-8-6-5-7-23(28)3/h5-14,19-20H,15-18H2,1-4H3. The molecule has 5 rings (SSSR count). The molecule has 1 aromatic heterocycles. The second kappa shape index (κ2) is 9.41. The van der Waals surface area contributed by atoms with Gasteiger partial charge in [-0.15, -0.1) is 0 Å². The molecule has 5 nitrogen and oxygen atoms in total. The fourth-order valence-electron chi connectivity index (χ4n) is 4.69. The average Bonchev–Trinajstić information content (AvgIpc) is 3.32. The fourth-order valence-corrected chi connectivity index (χ4v) is 4.69. The zero-order chi connectivity index (χ0) is 24.5. The van der Waals surface area contributed by atoms with Gasteiger partial charge in [-0.2, -0.15) is 5.10 Å². The van der Waals surface area contributed by atoms with E-state index >= 15 is 0 Å². The first kappa shape index (κ1) is 22.9. The highest BCUT2D eigenvalue weighted by molar-refractivity contribution is 5.94. The number of hydrogen-bond donors (Lipinski definition) is 0. The molecule has 0 saturated carbocycles. The van der Waals surface area contributed by atoms with Gasteiger partial charge in [0.05, 0.1) is 11.4 Å². The SMILES string of the molecule is Cc1ccc(-n2nc(-c3ccc(C)c(C)c3)cc2C(=O)N2CCN(c3ccccc3C)CC2)cc1. The number of carbonyl (C=O) groups is 1. The van der Waals surface area contributed by atoms with Crippen LogP contribution in [0, 0.1) is 27.7 Å². The molecule has 0 atom stereocenters. The van der Waals surface area contributed by atoms with Gasteiger partial charge in [0.25, 0.3) is 5.91 Å². The van der Waals surface area contributed by atoms with Crippen LogP contribution < -0.4 is 4.90 Å². The van der Waals surface area contributed by atoms with Gasteiger partial charge in [0.15, 0.2) is 0 Å². The lowest BCUT2D eigenvalue weighted by molar-refractivity contribution is 0.0737. The quantitative estimate of drug-likeness (QED) is 0.387. The van der Waals surface area contributed by atoms with Gasteiger partial charge in [-0.25, -0.2) is 4.68 Å². The minimum absolute atomic E-state index is 0.0255. The summed E-state index contributed by atoms with van der Waals surface area (Å²) in [6, 6.07) is 24.9. The molecule has 3 aromatic carbocycles. The topological polar surface area (TPSA) is 41.4 Å². The van der Waals surface area contributed by atoms with Gasteiger partial charge in [-0.3, -0.25) is 4.79 Å². The van der Waals surface area contributed by atoms with Gasteiger partial charge in [-0.05, 0) is 74.7 Å². The Labute approximate surface area is 207 Å². The molecule has 1 fully saturated rings. The van der Waals surface area contributed by atoms with Crippen LogP contribution in [-0.4, -0.2) is 46.8 Å². The lowest BCUT2D eigenvalue weighted by Crippen LogP contribution is -2.49. The maximum Gasteiger partial charge on any atom is 0.272 e. The fraction of sp³-hybridized carbons (Fsp3) is 0.267. The maximum atomic E-state index is 13.8. The molecule has 1 saturated heterocycles. The molecule has 5 heteroatoms. The van der Waals surface area contributed by atoms with Gasteiger partial charge in [0.1, 0.15) is 5.69 Å². The van der Waals surface area contributed by atoms with Crippen LogP contribution in [0.15, 0.2) is 72.8 Å². The van der Waals surface area contributed by atoms with E-state index in [1.807, 2.05) is 23.1 Å². The van der Waals surface area contributed by atoms with E-state index in [1.165, 1.54) is 27.9 Å². The highest BCUT2D eigenvalue weighted by atomic mass is 16.2. The van der Waals surface area contributed by atoms with Crippen LogP contribution in [0.5, 0.6) is 0 Å². The predicted molar refractivity (Wildman–Crippen MR) is 143 cm³/mol. The molecule has 2 heterocycles. The van der Waals surface area contributed by atoms with E-state index in [-0.39, 0.29) is 5.91 Å². The van der Waals surface area contributed by atoms with Gasteiger partial charge < -0.3 is 9.80 Å². The maximum absolute atomic E-state index is 13.8. The number of amides is 1. The van der Waals surface area contributed by atoms with E-state index in [0.29, 0.717) is 18.8 Å². The van der Waals surface area contributed by atoms with Crippen molar-refractivity contribution in [1.29, 1.82) is 0 Å². The lowest BCUT2D eigenvalue weighted by Gasteiger charge is -2.36. The first-order chi connectivity index (χ1) is 16.9. The van der Waals surface area contributed by atoms with Crippen LogP contribution >= 0.6 is 0 Å². The van der Waals surface area contributed by atoms with E-state index in [9.17, 15) is 4.79 Å². The zero-order valence-corrected chi connectivity index (χ0v) is 21.0. The summed E-state index contributed by atoms with van der Waals surface area (Å²) in [7, 11) is 0. The van der Waals surface area contributed by atoms with Crippen molar-refractivity contribution in [3.05, 3.63) is 101 Å². The van der Waals surface area contributed by atoms with Crippen molar-refractivity contribution >= 4 is 11.6 Å². The van der Waals surface area contributed by atoms with Crippen molar-refractivity contribution < 1.29 is 4.79 Å². The Bertz CT molecular complexity index is 1360. The number of hydrogen-bond acceptors (Lipinski definition) is 3. The first-order valence-corrected chi connectivity index (χ1v) is 12.3. The molecule has 178 valence electrons. The normalized spacial score (nSPS) is 13.8. The van der Waals surface area contributed by atoms with Gasteiger partial charge in [0, 0.05) is 37.4 Å². The van der Waals surface area contributed by atoms with Crippen LogP contribution in [0.2, 0.25) is 0 Å². The van der Waals surface area contributed by atoms with Crippen LogP contribution in [0.25, 0.3) is 16.9 Å². The van der Waals surface area contributed by atoms with Crippen molar-refractivity contribution in [3.63, 3.8) is 0 Å². The predicted octanol–water partition coefficient (Wildman–Crippen LogP) is 5.74. The molecular formula is C30H32N4O. The molecule has 1 aliphatic heterocycles. The Balaban J connectivity index is 1.45. The molecule has 4 aromatic rings. The van der Waals surface area contributed by atoms with Gasteiger partial charge in [-0.1, -0.05) is 48.0 Å². The summed E-state index contributed by atoms with van der Waals surface area (Å²) in [4.78, 5) is 18.1. The third kappa shape index (κ3) is 4.59. The zero-order valence-electron chi connectivity index (χ0n) is 21.0. The van der Waals surface area contributed by atoms with E-state index in [2.05, 4.69) is 87.2 Å². The minimum atomic E-state index is 0.0255. The number of piperazine rings is 1. The molecule has 35 heavy (non-hydrogen) atoms. The number of aromatic nitrogens is 2. The Hall–Kier alpha value is -3.86.